The maximum absolute atomic E-state index is 12.6. The highest BCUT2D eigenvalue weighted by Crippen LogP contribution is 2.19. The molecule has 2 amide bonds. The number of hydrogen-bond donors (Lipinski definition) is 2. The number of rotatable bonds is 6. The minimum absolute atomic E-state index is 0.0265. The van der Waals surface area contributed by atoms with Crippen LogP contribution in [0, 0.1) is 5.92 Å². The molecule has 1 atom stereocenters. The van der Waals surface area contributed by atoms with E-state index in [9.17, 15) is 9.59 Å². The van der Waals surface area contributed by atoms with Gasteiger partial charge in [0, 0.05) is 16.1 Å². The monoisotopic (exact) mass is 342 g/mol. The van der Waals surface area contributed by atoms with Gasteiger partial charge in [-0.05, 0) is 42.5 Å². The van der Waals surface area contributed by atoms with Crippen molar-refractivity contribution in [3.05, 3.63) is 60.2 Å². The fourth-order valence-electron chi connectivity index (χ4n) is 2.27. The standard InChI is InChI=1S/C19H22N2O2S/c1-13(2)17(21-18(22)14-8-5-4-6-9-14)19(23)20-15-10-7-11-16(12-15)24-3/h4-13,17H,1-3H3,(H,20,23)(H,21,22). The minimum Gasteiger partial charge on any atom is -0.340 e. The van der Waals surface area contributed by atoms with E-state index in [1.54, 1.807) is 36.0 Å². The van der Waals surface area contributed by atoms with Crippen molar-refractivity contribution in [3.8, 4) is 0 Å². The molecule has 0 heterocycles. The van der Waals surface area contributed by atoms with Crippen LogP contribution in [0.5, 0.6) is 0 Å². The van der Waals surface area contributed by atoms with E-state index in [-0.39, 0.29) is 17.7 Å². The summed E-state index contributed by atoms with van der Waals surface area (Å²) in [5.41, 5.74) is 1.27. The third kappa shape index (κ3) is 4.86. The van der Waals surface area contributed by atoms with Crippen molar-refractivity contribution in [2.45, 2.75) is 24.8 Å². The van der Waals surface area contributed by atoms with Crippen LogP contribution < -0.4 is 10.6 Å². The molecular weight excluding hydrogens is 320 g/mol. The first-order chi connectivity index (χ1) is 11.5. The van der Waals surface area contributed by atoms with Gasteiger partial charge in [0.15, 0.2) is 0 Å². The van der Waals surface area contributed by atoms with Crippen LogP contribution in [0.1, 0.15) is 24.2 Å². The molecule has 0 saturated carbocycles. The lowest BCUT2D eigenvalue weighted by atomic mass is 10.0. The van der Waals surface area contributed by atoms with Crippen LogP contribution in [0.4, 0.5) is 5.69 Å². The Morgan fingerprint density at radius 2 is 1.71 bits per heavy atom. The van der Waals surface area contributed by atoms with E-state index in [4.69, 9.17) is 0 Å². The number of carbonyl (C=O) groups excluding carboxylic acids is 2. The normalized spacial score (nSPS) is 11.8. The van der Waals surface area contributed by atoms with E-state index < -0.39 is 6.04 Å². The predicted molar refractivity (Wildman–Crippen MR) is 99.4 cm³/mol. The highest BCUT2D eigenvalue weighted by Gasteiger charge is 2.24. The lowest BCUT2D eigenvalue weighted by molar-refractivity contribution is -0.118. The number of carbonyl (C=O) groups is 2. The lowest BCUT2D eigenvalue weighted by Crippen LogP contribution is -2.47. The summed E-state index contributed by atoms with van der Waals surface area (Å²) in [5.74, 6) is -0.490. The number of amides is 2. The summed E-state index contributed by atoms with van der Waals surface area (Å²) in [7, 11) is 0. The zero-order valence-corrected chi connectivity index (χ0v) is 14.9. The van der Waals surface area contributed by atoms with Gasteiger partial charge in [0.25, 0.3) is 5.91 Å². The van der Waals surface area contributed by atoms with Crippen LogP contribution in [0.3, 0.4) is 0 Å². The Kier molecular flexibility index (Phi) is 6.44. The summed E-state index contributed by atoms with van der Waals surface area (Å²) in [6, 6.07) is 15.9. The van der Waals surface area contributed by atoms with Gasteiger partial charge in [-0.2, -0.15) is 0 Å². The van der Waals surface area contributed by atoms with Crippen molar-refractivity contribution < 1.29 is 9.59 Å². The highest BCUT2D eigenvalue weighted by molar-refractivity contribution is 7.98. The topological polar surface area (TPSA) is 58.2 Å². The molecule has 0 aliphatic carbocycles. The van der Waals surface area contributed by atoms with Crippen molar-refractivity contribution in [1.29, 1.82) is 0 Å². The molecule has 0 fully saturated rings. The van der Waals surface area contributed by atoms with Gasteiger partial charge in [-0.3, -0.25) is 9.59 Å². The Morgan fingerprint density at radius 1 is 1.00 bits per heavy atom. The lowest BCUT2D eigenvalue weighted by Gasteiger charge is -2.22. The van der Waals surface area contributed by atoms with Crippen LogP contribution in [0.25, 0.3) is 0 Å². The molecule has 0 saturated heterocycles. The van der Waals surface area contributed by atoms with Gasteiger partial charge in [0.05, 0.1) is 0 Å². The quantitative estimate of drug-likeness (QED) is 0.785. The third-order valence-electron chi connectivity index (χ3n) is 3.61. The smallest absolute Gasteiger partial charge is 0.251 e. The van der Waals surface area contributed by atoms with Crippen molar-refractivity contribution in [2.24, 2.45) is 5.92 Å². The van der Waals surface area contributed by atoms with Crippen molar-refractivity contribution in [3.63, 3.8) is 0 Å². The molecule has 0 radical (unpaired) electrons. The minimum atomic E-state index is -0.601. The van der Waals surface area contributed by atoms with Gasteiger partial charge >= 0.3 is 0 Å². The summed E-state index contributed by atoms with van der Waals surface area (Å²) in [6.45, 7) is 3.82. The van der Waals surface area contributed by atoms with Gasteiger partial charge in [0.2, 0.25) is 5.91 Å². The van der Waals surface area contributed by atoms with Gasteiger partial charge in [-0.15, -0.1) is 11.8 Å². The molecule has 1 unspecified atom stereocenters. The Hall–Kier alpha value is -2.27. The Bertz CT molecular complexity index is 702. The van der Waals surface area contributed by atoms with Gasteiger partial charge in [-0.1, -0.05) is 38.1 Å². The van der Waals surface area contributed by atoms with Crippen LogP contribution in [-0.4, -0.2) is 24.1 Å². The van der Waals surface area contributed by atoms with E-state index in [2.05, 4.69) is 10.6 Å². The third-order valence-corrected chi connectivity index (χ3v) is 4.33. The fourth-order valence-corrected chi connectivity index (χ4v) is 2.73. The number of thioether (sulfide) groups is 1. The molecule has 2 rings (SSSR count). The maximum atomic E-state index is 12.6. The van der Waals surface area contributed by atoms with E-state index >= 15 is 0 Å². The summed E-state index contributed by atoms with van der Waals surface area (Å²) >= 11 is 1.61. The average Bonchev–Trinajstić information content (AvgIpc) is 2.60. The Morgan fingerprint density at radius 3 is 2.33 bits per heavy atom. The molecule has 0 aromatic heterocycles. The summed E-state index contributed by atoms with van der Waals surface area (Å²) in [6.07, 6.45) is 1.98. The van der Waals surface area contributed by atoms with E-state index in [1.807, 2.05) is 50.4 Å². The van der Waals surface area contributed by atoms with Gasteiger partial charge in [0.1, 0.15) is 6.04 Å². The fraction of sp³-hybridized carbons (Fsp3) is 0.263. The molecule has 0 aliphatic rings. The maximum Gasteiger partial charge on any atom is 0.251 e. The molecule has 5 heteroatoms. The molecule has 0 spiro atoms. The Balaban J connectivity index is 2.09. The summed E-state index contributed by atoms with van der Waals surface area (Å²) in [5, 5.41) is 5.71. The highest BCUT2D eigenvalue weighted by atomic mass is 32.2. The van der Waals surface area contributed by atoms with Crippen LogP contribution in [0.2, 0.25) is 0 Å². The molecule has 4 nitrogen and oxygen atoms in total. The van der Waals surface area contributed by atoms with Gasteiger partial charge in [-0.25, -0.2) is 0 Å². The van der Waals surface area contributed by atoms with E-state index in [1.165, 1.54) is 0 Å². The van der Waals surface area contributed by atoms with E-state index in [0.717, 1.165) is 10.6 Å². The second-order valence-corrected chi connectivity index (χ2v) is 6.66. The average molecular weight is 342 g/mol. The largest absolute Gasteiger partial charge is 0.340 e. The summed E-state index contributed by atoms with van der Waals surface area (Å²) in [4.78, 5) is 26.0. The van der Waals surface area contributed by atoms with E-state index in [0.29, 0.717) is 5.56 Å². The molecule has 2 N–H and O–H groups in total. The second kappa shape index (κ2) is 8.55. The molecule has 24 heavy (non-hydrogen) atoms. The first kappa shape index (κ1) is 18.1. The van der Waals surface area contributed by atoms with Gasteiger partial charge < -0.3 is 10.6 Å². The molecule has 2 aromatic rings. The molecule has 0 aliphatic heterocycles. The number of nitrogens with one attached hydrogen (secondary N) is 2. The van der Waals surface area contributed by atoms with Crippen molar-refractivity contribution in [1.82, 2.24) is 5.32 Å². The van der Waals surface area contributed by atoms with Crippen LogP contribution in [-0.2, 0) is 4.79 Å². The zero-order valence-electron chi connectivity index (χ0n) is 14.1. The first-order valence-corrected chi connectivity index (χ1v) is 9.04. The molecule has 2 aromatic carbocycles. The number of anilines is 1. The van der Waals surface area contributed by atoms with Crippen LogP contribution in [0.15, 0.2) is 59.5 Å². The zero-order chi connectivity index (χ0) is 17.5. The predicted octanol–water partition coefficient (Wildman–Crippen LogP) is 3.80. The van der Waals surface area contributed by atoms with Crippen LogP contribution >= 0.6 is 11.8 Å². The Labute approximate surface area is 147 Å². The molecule has 0 bridgehead atoms. The SMILES string of the molecule is CSc1cccc(NC(=O)C(NC(=O)c2ccccc2)C(C)C)c1. The summed E-state index contributed by atoms with van der Waals surface area (Å²) < 4.78 is 0. The molecule has 126 valence electrons. The van der Waals surface area contributed by atoms with Crippen molar-refractivity contribution in [2.75, 3.05) is 11.6 Å². The number of hydrogen-bond acceptors (Lipinski definition) is 3. The van der Waals surface area contributed by atoms with Crippen molar-refractivity contribution >= 4 is 29.3 Å². The first-order valence-electron chi connectivity index (χ1n) is 7.82. The molecular formula is C19H22N2O2S. The number of benzene rings is 2. The second-order valence-electron chi connectivity index (χ2n) is 5.78.